The average molecular weight is 388 g/mol. The highest BCUT2D eigenvalue weighted by Crippen LogP contribution is 2.27. The summed E-state index contributed by atoms with van der Waals surface area (Å²) in [5.74, 6) is 1.36. The maximum absolute atomic E-state index is 13.1. The van der Waals surface area contributed by atoms with E-state index in [4.69, 9.17) is 4.42 Å². The molecule has 0 bridgehead atoms. The highest BCUT2D eigenvalue weighted by Gasteiger charge is 2.27. The van der Waals surface area contributed by atoms with Crippen molar-refractivity contribution in [1.82, 2.24) is 15.2 Å². The molecule has 0 atom stereocenters. The topological polar surface area (TPSA) is 78.7 Å². The molecule has 3 heterocycles. The van der Waals surface area contributed by atoms with Gasteiger partial charge in [-0.25, -0.2) is 9.78 Å². The van der Waals surface area contributed by atoms with Crippen molar-refractivity contribution < 1.29 is 14.0 Å². The third kappa shape index (κ3) is 3.24. The van der Waals surface area contributed by atoms with E-state index in [1.807, 2.05) is 42.5 Å². The van der Waals surface area contributed by atoms with Gasteiger partial charge in [-0.15, -0.1) is 0 Å². The molecule has 0 spiro atoms. The number of hydrogen-bond acceptors (Lipinski definition) is 4. The summed E-state index contributed by atoms with van der Waals surface area (Å²) in [4.78, 5) is 33.0. The minimum Gasteiger partial charge on any atom is -0.441 e. The molecule has 0 unspecified atom stereocenters. The van der Waals surface area contributed by atoms with Crippen LogP contribution in [0.25, 0.3) is 11.5 Å². The van der Waals surface area contributed by atoms with Crippen LogP contribution in [0.1, 0.15) is 21.8 Å². The van der Waals surface area contributed by atoms with E-state index in [-0.39, 0.29) is 11.9 Å². The standard InChI is InChI=1S/C22H20N4O3/c27-21(16-7-4-8-17(13-16)26-12-10-23-22(26)28)25-11-9-19-18(14-25)24-20(29-19)15-5-2-1-3-6-15/h1-8,13H,9-12,14H2,(H,23,28). The van der Waals surface area contributed by atoms with Crippen LogP contribution in [-0.4, -0.2) is 41.5 Å². The SMILES string of the molecule is O=C(c1cccc(N2CCNC2=O)c1)N1CCc2oc(-c3ccccc3)nc2C1. The van der Waals surface area contributed by atoms with Crippen LogP contribution in [-0.2, 0) is 13.0 Å². The number of hydrogen-bond donors (Lipinski definition) is 1. The van der Waals surface area contributed by atoms with Crippen molar-refractivity contribution in [3.8, 4) is 11.5 Å². The summed E-state index contributed by atoms with van der Waals surface area (Å²) >= 11 is 0. The van der Waals surface area contributed by atoms with Gasteiger partial charge < -0.3 is 14.6 Å². The number of carbonyl (C=O) groups excluding carboxylic acids is 2. The fraction of sp³-hybridized carbons (Fsp3) is 0.227. The lowest BCUT2D eigenvalue weighted by Crippen LogP contribution is -2.36. The van der Waals surface area contributed by atoms with Crippen LogP contribution in [0.2, 0.25) is 0 Å². The van der Waals surface area contributed by atoms with Crippen LogP contribution in [0.15, 0.2) is 59.0 Å². The maximum Gasteiger partial charge on any atom is 0.321 e. The van der Waals surface area contributed by atoms with Crippen LogP contribution >= 0.6 is 0 Å². The normalized spacial score (nSPS) is 15.9. The highest BCUT2D eigenvalue weighted by molar-refractivity contribution is 5.98. The van der Waals surface area contributed by atoms with Crippen molar-refractivity contribution in [1.29, 1.82) is 0 Å². The zero-order valence-electron chi connectivity index (χ0n) is 15.8. The maximum atomic E-state index is 13.1. The van der Waals surface area contributed by atoms with Crippen LogP contribution in [0.4, 0.5) is 10.5 Å². The van der Waals surface area contributed by atoms with Gasteiger partial charge in [-0.05, 0) is 30.3 Å². The van der Waals surface area contributed by atoms with Gasteiger partial charge >= 0.3 is 6.03 Å². The van der Waals surface area contributed by atoms with E-state index in [9.17, 15) is 9.59 Å². The molecule has 146 valence electrons. The first-order chi connectivity index (χ1) is 14.2. The number of nitrogens with one attached hydrogen (secondary N) is 1. The molecule has 2 aromatic carbocycles. The molecular weight excluding hydrogens is 368 g/mol. The number of oxazole rings is 1. The Morgan fingerprint density at radius 1 is 1.07 bits per heavy atom. The second-order valence-corrected chi connectivity index (χ2v) is 7.17. The molecule has 1 fully saturated rings. The monoisotopic (exact) mass is 388 g/mol. The fourth-order valence-corrected chi connectivity index (χ4v) is 3.78. The van der Waals surface area contributed by atoms with Crippen molar-refractivity contribution in [3.05, 3.63) is 71.6 Å². The van der Waals surface area contributed by atoms with Gasteiger partial charge in [-0.2, -0.15) is 0 Å². The molecule has 2 aliphatic rings. The molecule has 3 amide bonds. The number of amides is 3. The summed E-state index contributed by atoms with van der Waals surface area (Å²) in [5, 5.41) is 2.78. The Kier molecular flexibility index (Phi) is 4.27. The number of urea groups is 1. The van der Waals surface area contributed by atoms with Gasteiger partial charge in [0.1, 0.15) is 11.5 Å². The van der Waals surface area contributed by atoms with E-state index in [0.29, 0.717) is 44.1 Å². The fourth-order valence-electron chi connectivity index (χ4n) is 3.78. The average Bonchev–Trinajstić information content (AvgIpc) is 3.39. The minimum atomic E-state index is -0.131. The van der Waals surface area contributed by atoms with Crippen molar-refractivity contribution >= 4 is 17.6 Å². The van der Waals surface area contributed by atoms with E-state index in [1.54, 1.807) is 21.9 Å². The molecule has 1 saturated heterocycles. The first kappa shape index (κ1) is 17.5. The Balaban J connectivity index is 1.36. The largest absolute Gasteiger partial charge is 0.441 e. The van der Waals surface area contributed by atoms with E-state index in [2.05, 4.69) is 10.3 Å². The first-order valence-corrected chi connectivity index (χ1v) is 9.68. The predicted octanol–water partition coefficient (Wildman–Crippen LogP) is 3.07. The number of fused-ring (bicyclic) bond motifs is 1. The first-order valence-electron chi connectivity index (χ1n) is 9.68. The molecule has 29 heavy (non-hydrogen) atoms. The van der Waals surface area contributed by atoms with Gasteiger partial charge in [-0.3, -0.25) is 9.69 Å². The van der Waals surface area contributed by atoms with Gasteiger partial charge in [0.15, 0.2) is 0 Å². The second kappa shape index (κ2) is 7.09. The molecule has 1 N–H and O–H groups in total. The number of nitrogens with zero attached hydrogens (tertiary/aromatic N) is 3. The molecule has 5 rings (SSSR count). The molecular formula is C22H20N4O3. The third-order valence-corrected chi connectivity index (χ3v) is 5.30. The minimum absolute atomic E-state index is 0.0682. The number of aromatic nitrogens is 1. The van der Waals surface area contributed by atoms with Gasteiger partial charge in [0, 0.05) is 42.9 Å². The summed E-state index contributed by atoms with van der Waals surface area (Å²) in [5.41, 5.74) is 3.03. The van der Waals surface area contributed by atoms with Gasteiger partial charge in [0.2, 0.25) is 5.89 Å². The quantitative estimate of drug-likeness (QED) is 0.748. The Hall–Kier alpha value is -3.61. The lowest BCUT2D eigenvalue weighted by atomic mass is 10.1. The summed E-state index contributed by atoms with van der Waals surface area (Å²) in [7, 11) is 0. The molecule has 2 aliphatic heterocycles. The van der Waals surface area contributed by atoms with E-state index in [0.717, 1.165) is 22.7 Å². The third-order valence-electron chi connectivity index (χ3n) is 5.30. The Bertz CT molecular complexity index is 1080. The summed E-state index contributed by atoms with van der Waals surface area (Å²) in [6.45, 7) is 2.20. The molecule has 0 aliphatic carbocycles. The second-order valence-electron chi connectivity index (χ2n) is 7.17. The number of carbonyl (C=O) groups is 2. The van der Waals surface area contributed by atoms with Crippen molar-refractivity contribution in [3.63, 3.8) is 0 Å². The molecule has 3 aromatic rings. The van der Waals surface area contributed by atoms with Crippen LogP contribution in [0.5, 0.6) is 0 Å². The van der Waals surface area contributed by atoms with E-state index < -0.39 is 0 Å². The molecule has 7 nitrogen and oxygen atoms in total. The van der Waals surface area contributed by atoms with E-state index in [1.165, 1.54) is 0 Å². The summed E-state index contributed by atoms with van der Waals surface area (Å²) in [6, 6.07) is 16.9. The van der Waals surface area contributed by atoms with Gasteiger partial charge in [0.25, 0.3) is 5.91 Å². The summed E-state index contributed by atoms with van der Waals surface area (Å²) < 4.78 is 5.92. The Morgan fingerprint density at radius 2 is 1.93 bits per heavy atom. The van der Waals surface area contributed by atoms with Crippen molar-refractivity contribution in [2.45, 2.75) is 13.0 Å². The van der Waals surface area contributed by atoms with Crippen LogP contribution < -0.4 is 10.2 Å². The van der Waals surface area contributed by atoms with E-state index >= 15 is 0 Å². The van der Waals surface area contributed by atoms with Crippen molar-refractivity contribution in [2.24, 2.45) is 0 Å². The lowest BCUT2D eigenvalue weighted by Gasteiger charge is -2.26. The Labute approximate surface area is 167 Å². The smallest absolute Gasteiger partial charge is 0.321 e. The predicted molar refractivity (Wildman–Crippen MR) is 108 cm³/mol. The zero-order valence-corrected chi connectivity index (χ0v) is 15.8. The Morgan fingerprint density at radius 3 is 2.72 bits per heavy atom. The molecule has 0 radical (unpaired) electrons. The molecule has 7 heteroatoms. The number of benzene rings is 2. The zero-order chi connectivity index (χ0) is 19.8. The highest BCUT2D eigenvalue weighted by atomic mass is 16.4. The van der Waals surface area contributed by atoms with Crippen molar-refractivity contribution in [2.75, 3.05) is 24.5 Å². The number of rotatable bonds is 3. The van der Waals surface area contributed by atoms with Gasteiger partial charge in [0.05, 0.1) is 6.54 Å². The lowest BCUT2D eigenvalue weighted by molar-refractivity contribution is 0.0728. The molecule has 0 saturated carbocycles. The number of anilines is 1. The summed E-state index contributed by atoms with van der Waals surface area (Å²) in [6.07, 6.45) is 0.634. The molecule has 1 aromatic heterocycles. The van der Waals surface area contributed by atoms with Gasteiger partial charge in [-0.1, -0.05) is 24.3 Å². The van der Waals surface area contributed by atoms with Crippen LogP contribution in [0.3, 0.4) is 0 Å². The van der Waals surface area contributed by atoms with Crippen LogP contribution in [0, 0.1) is 0 Å².